The molecule has 96 valence electrons. The summed E-state index contributed by atoms with van der Waals surface area (Å²) >= 11 is 0. The summed E-state index contributed by atoms with van der Waals surface area (Å²) in [4.78, 5) is 3.71. The Morgan fingerprint density at radius 1 is 1.00 bits per heavy atom. The summed E-state index contributed by atoms with van der Waals surface area (Å²) in [6.07, 6.45) is 5.21. The van der Waals surface area contributed by atoms with Gasteiger partial charge in [0.1, 0.15) is 0 Å². The summed E-state index contributed by atoms with van der Waals surface area (Å²) in [5, 5.41) is 4.94. The molecule has 2 N–H and O–H groups in total. The fourth-order valence-electron chi connectivity index (χ4n) is 3.81. The van der Waals surface area contributed by atoms with Crippen LogP contribution >= 0.6 is 12.4 Å². The third kappa shape index (κ3) is 1.52. The van der Waals surface area contributed by atoms with E-state index in [-0.39, 0.29) is 12.4 Å². The van der Waals surface area contributed by atoms with Crippen LogP contribution in [0.4, 0.5) is 0 Å². The van der Waals surface area contributed by atoms with E-state index in [0.717, 1.165) is 0 Å². The normalized spacial score (nSPS) is 20.9. The van der Waals surface area contributed by atoms with E-state index >= 15 is 0 Å². The first-order valence-corrected chi connectivity index (χ1v) is 6.70. The minimum Gasteiger partial charge on any atom is -0.358 e. The lowest BCUT2D eigenvalue weighted by Gasteiger charge is -2.34. The van der Waals surface area contributed by atoms with E-state index in [4.69, 9.17) is 0 Å². The van der Waals surface area contributed by atoms with Gasteiger partial charge in [-0.15, -0.1) is 12.4 Å². The molecular formula is C15H19ClN2. The standard InChI is InChI=1S/C15H18N2.ClH/c1-2-4-13-11(3-1)12-5-6-15(14(12)17-13)7-9-16-10-8-15;/h1-4,16-17H,5-10H2;1H. The third-order valence-corrected chi connectivity index (χ3v) is 4.76. The van der Waals surface area contributed by atoms with Crippen molar-refractivity contribution in [2.24, 2.45) is 0 Å². The average molecular weight is 263 g/mol. The predicted molar refractivity (Wildman–Crippen MR) is 77.6 cm³/mol. The molecule has 1 aliphatic heterocycles. The molecule has 1 saturated heterocycles. The Morgan fingerprint density at radius 2 is 1.78 bits per heavy atom. The van der Waals surface area contributed by atoms with E-state index in [0.29, 0.717) is 5.41 Å². The number of rotatable bonds is 0. The van der Waals surface area contributed by atoms with E-state index < -0.39 is 0 Å². The summed E-state index contributed by atoms with van der Waals surface area (Å²) < 4.78 is 0. The zero-order valence-corrected chi connectivity index (χ0v) is 11.3. The first kappa shape index (κ1) is 12.1. The van der Waals surface area contributed by atoms with Crippen molar-refractivity contribution in [2.45, 2.75) is 31.1 Å². The molecule has 2 aromatic rings. The lowest BCUT2D eigenvalue weighted by atomic mass is 9.77. The van der Waals surface area contributed by atoms with Gasteiger partial charge < -0.3 is 10.3 Å². The van der Waals surface area contributed by atoms with Crippen LogP contribution in [0.25, 0.3) is 10.9 Å². The fourth-order valence-corrected chi connectivity index (χ4v) is 3.81. The third-order valence-electron chi connectivity index (χ3n) is 4.76. The molecule has 1 aliphatic carbocycles. The molecule has 2 nitrogen and oxygen atoms in total. The van der Waals surface area contributed by atoms with Gasteiger partial charge in [-0.05, 0) is 50.4 Å². The molecule has 0 saturated carbocycles. The van der Waals surface area contributed by atoms with Gasteiger partial charge in [-0.3, -0.25) is 0 Å². The van der Waals surface area contributed by atoms with E-state index in [9.17, 15) is 0 Å². The van der Waals surface area contributed by atoms with Gasteiger partial charge in [0.15, 0.2) is 0 Å². The van der Waals surface area contributed by atoms with Crippen LogP contribution in [0, 0.1) is 0 Å². The molecule has 0 bridgehead atoms. The average Bonchev–Trinajstić information content (AvgIpc) is 2.90. The van der Waals surface area contributed by atoms with Crippen LogP contribution in [0.2, 0.25) is 0 Å². The van der Waals surface area contributed by atoms with Gasteiger partial charge in [0.05, 0.1) is 0 Å². The maximum atomic E-state index is 3.71. The SMILES string of the molecule is Cl.c1ccc2c3c([nH]c2c1)C1(CCNCC1)CC3. The van der Waals surface area contributed by atoms with Gasteiger partial charge in [-0.1, -0.05) is 18.2 Å². The van der Waals surface area contributed by atoms with E-state index in [2.05, 4.69) is 34.6 Å². The zero-order chi connectivity index (χ0) is 11.3. The van der Waals surface area contributed by atoms with Gasteiger partial charge in [-0.25, -0.2) is 0 Å². The summed E-state index contributed by atoms with van der Waals surface area (Å²) in [6.45, 7) is 2.35. The predicted octanol–water partition coefficient (Wildman–Crippen LogP) is 3.16. The number of aryl methyl sites for hydroxylation is 1. The quantitative estimate of drug-likeness (QED) is 0.750. The smallest absolute Gasteiger partial charge is 0.0459 e. The van der Waals surface area contributed by atoms with Gasteiger partial charge in [-0.2, -0.15) is 0 Å². The summed E-state index contributed by atoms with van der Waals surface area (Å²) in [5.74, 6) is 0. The zero-order valence-electron chi connectivity index (χ0n) is 10.5. The molecule has 1 spiro atoms. The monoisotopic (exact) mass is 262 g/mol. The maximum absolute atomic E-state index is 3.71. The second-order valence-corrected chi connectivity index (χ2v) is 5.55. The summed E-state index contributed by atoms with van der Waals surface area (Å²) in [6, 6.07) is 8.76. The number of benzene rings is 1. The van der Waals surface area contributed by atoms with Crippen LogP contribution in [0.1, 0.15) is 30.5 Å². The maximum Gasteiger partial charge on any atom is 0.0459 e. The van der Waals surface area contributed by atoms with Crippen LogP contribution < -0.4 is 5.32 Å². The first-order valence-electron chi connectivity index (χ1n) is 6.70. The Morgan fingerprint density at radius 3 is 2.61 bits per heavy atom. The molecule has 0 radical (unpaired) electrons. The van der Waals surface area contributed by atoms with Gasteiger partial charge in [0, 0.05) is 22.0 Å². The molecular weight excluding hydrogens is 244 g/mol. The van der Waals surface area contributed by atoms with Gasteiger partial charge >= 0.3 is 0 Å². The molecule has 1 aromatic carbocycles. The van der Waals surface area contributed by atoms with Crippen LogP contribution in [-0.4, -0.2) is 18.1 Å². The number of hydrogen-bond donors (Lipinski definition) is 2. The van der Waals surface area contributed by atoms with Crippen molar-refractivity contribution in [2.75, 3.05) is 13.1 Å². The second kappa shape index (κ2) is 4.29. The van der Waals surface area contributed by atoms with Gasteiger partial charge in [0.2, 0.25) is 0 Å². The minimum absolute atomic E-state index is 0. The molecule has 0 unspecified atom stereocenters. The molecule has 18 heavy (non-hydrogen) atoms. The Labute approximate surface area is 114 Å². The highest BCUT2D eigenvalue weighted by Crippen LogP contribution is 2.46. The molecule has 2 heterocycles. The number of fused-ring (bicyclic) bond motifs is 4. The van der Waals surface area contributed by atoms with Crippen LogP contribution in [0.5, 0.6) is 0 Å². The number of piperidine rings is 1. The van der Waals surface area contributed by atoms with Crippen molar-refractivity contribution < 1.29 is 0 Å². The molecule has 1 fully saturated rings. The van der Waals surface area contributed by atoms with E-state index in [1.54, 1.807) is 11.3 Å². The van der Waals surface area contributed by atoms with Crippen LogP contribution in [-0.2, 0) is 11.8 Å². The highest BCUT2D eigenvalue weighted by atomic mass is 35.5. The summed E-state index contributed by atoms with van der Waals surface area (Å²) in [5.41, 5.74) is 4.94. The van der Waals surface area contributed by atoms with Crippen molar-refractivity contribution in [1.82, 2.24) is 10.3 Å². The minimum atomic E-state index is 0. The highest BCUT2D eigenvalue weighted by molar-refractivity contribution is 5.86. The molecule has 3 heteroatoms. The van der Waals surface area contributed by atoms with Gasteiger partial charge in [0.25, 0.3) is 0 Å². The second-order valence-electron chi connectivity index (χ2n) is 5.55. The van der Waals surface area contributed by atoms with Crippen LogP contribution in [0.3, 0.4) is 0 Å². The number of para-hydroxylation sites is 1. The first-order chi connectivity index (χ1) is 8.39. The highest BCUT2D eigenvalue weighted by Gasteiger charge is 2.41. The Kier molecular flexibility index (Phi) is 2.87. The number of hydrogen-bond acceptors (Lipinski definition) is 1. The number of H-pyrrole nitrogens is 1. The van der Waals surface area contributed by atoms with Crippen molar-refractivity contribution >= 4 is 23.3 Å². The Hall–Kier alpha value is -0.990. The van der Waals surface area contributed by atoms with Crippen molar-refractivity contribution in [3.8, 4) is 0 Å². The van der Waals surface area contributed by atoms with Crippen molar-refractivity contribution in [1.29, 1.82) is 0 Å². The molecule has 1 aromatic heterocycles. The van der Waals surface area contributed by atoms with Crippen molar-refractivity contribution in [3.63, 3.8) is 0 Å². The number of halogens is 1. The lowest BCUT2D eigenvalue weighted by molar-refractivity contribution is 0.301. The number of aromatic amines is 1. The molecule has 0 atom stereocenters. The number of nitrogens with one attached hydrogen (secondary N) is 2. The Bertz CT molecular complexity index is 567. The molecule has 0 amide bonds. The molecule has 4 rings (SSSR count). The van der Waals surface area contributed by atoms with E-state index in [1.165, 1.54) is 49.7 Å². The Balaban J connectivity index is 0.000001000. The van der Waals surface area contributed by atoms with Crippen molar-refractivity contribution in [3.05, 3.63) is 35.5 Å². The van der Waals surface area contributed by atoms with E-state index in [1.807, 2.05) is 0 Å². The summed E-state index contributed by atoms with van der Waals surface area (Å²) in [7, 11) is 0. The lowest BCUT2D eigenvalue weighted by Crippen LogP contribution is -2.38. The fraction of sp³-hybridized carbons (Fsp3) is 0.467. The van der Waals surface area contributed by atoms with Crippen LogP contribution in [0.15, 0.2) is 24.3 Å². The largest absolute Gasteiger partial charge is 0.358 e. The number of aromatic nitrogens is 1. The topological polar surface area (TPSA) is 27.8 Å². The molecule has 2 aliphatic rings.